The molecule has 0 aliphatic heterocycles. The van der Waals surface area contributed by atoms with Gasteiger partial charge in [0, 0.05) is 17.4 Å². The predicted octanol–water partition coefficient (Wildman–Crippen LogP) is 4.15. The van der Waals surface area contributed by atoms with E-state index >= 15 is 0 Å². The van der Waals surface area contributed by atoms with Gasteiger partial charge in [0.25, 0.3) is 10.0 Å². The monoisotopic (exact) mass is 336 g/mol. The van der Waals surface area contributed by atoms with Crippen LogP contribution in [-0.2, 0) is 10.0 Å². The van der Waals surface area contributed by atoms with Crippen molar-refractivity contribution in [2.24, 2.45) is 0 Å². The van der Waals surface area contributed by atoms with Crippen molar-refractivity contribution in [2.75, 3.05) is 10.0 Å². The summed E-state index contributed by atoms with van der Waals surface area (Å²) in [5.74, 6) is -0.426. The zero-order chi connectivity index (χ0) is 17.0. The molecule has 2 rings (SSSR count). The Labute approximate surface area is 136 Å². The normalized spacial score (nSPS) is 12.7. The lowest BCUT2D eigenvalue weighted by Gasteiger charge is -2.14. The lowest BCUT2D eigenvalue weighted by molar-refractivity contribution is 0.598. The first kappa shape index (κ1) is 17.3. The highest BCUT2D eigenvalue weighted by molar-refractivity contribution is 7.92. The maximum Gasteiger partial charge on any atom is 0.261 e. The number of sulfonamides is 1. The molecule has 1 atom stereocenters. The van der Waals surface area contributed by atoms with E-state index in [4.69, 9.17) is 0 Å². The van der Waals surface area contributed by atoms with Crippen LogP contribution in [0, 0.1) is 12.7 Å². The maximum absolute atomic E-state index is 13.3. The molecule has 1 unspecified atom stereocenters. The molecule has 2 aromatic carbocycles. The molecule has 0 saturated heterocycles. The van der Waals surface area contributed by atoms with Gasteiger partial charge in [0.1, 0.15) is 5.82 Å². The molecule has 0 aromatic heterocycles. The summed E-state index contributed by atoms with van der Waals surface area (Å²) < 4.78 is 40.4. The van der Waals surface area contributed by atoms with E-state index in [0.717, 1.165) is 18.2 Å². The number of hydrogen-bond donors (Lipinski definition) is 2. The van der Waals surface area contributed by atoms with Crippen molar-refractivity contribution in [3.63, 3.8) is 0 Å². The maximum atomic E-state index is 13.3. The minimum Gasteiger partial charge on any atom is -0.383 e. The average Bonchev–Trinajstić information content (AvgIpc) is 2.51. The van der Waals surface area contributed by atoms with Crippen LogP contribution in [0.3, 0.4) is 0 Å². The van der Waals surface area contributed by atoms with E-state index < -0.39 is 15.8 Å². The quantitative estimate of drug-likeness (QED) is 0.833. The van der Waals surface area contributed by atoms with Gasteiger partial charge in [-0.3, -0.25) is 4.72 Å². The second kappa shape index (κ2) is 7.00. The number of anilines is 2. The zero-order valence-electron chi connectivity index (χ0n) is 13.4. The summed E-state index contributed by atoms with van der Waals surface area (Å²) >= 11 is 0. The van der Waals surface area contributed by atoms with Crippen molar-refractivity contribution in [1.82, 2.24) is 0 Å². The number of aryl methyl sites for hydroxylation is 1. The summed E-state index contributed by atoms with van der Waals surface area (Å²) in [6.07, 6.45) is 0.998. The van der Waals surface area contributed by atoms with Crippen molar-refractivity contribution in [2.45, 2.75) is 38.1 Å². The molecule has 0 radical (unpaired) electrons. The second-order valence-corrected chi connectivity index (χ2v) is 7.23. The molecule has 2 N–H and O–H groups in total. The summed E-state index contributed by atoms with van der Waals surface area (Å²) in [6.45, 7) is 5.70. The highest BCUT2D eigenvalue weighted by atomic mass is 32.2. The van der Waals surface area contributed by atoms with Crippen LogP contribution in [0.4, 0.5) is 15.8 Å². The van der Waals surface area contributed by atoms with Crippen LogP contribution in [0.2, 0.25) is 0 Å². The third-order valence-corrected chi connectivity index (χ3v) is 4.98. The molecule has 0 aliphatic carbocycles. The number of benzene rings is 2. The van der Waals surface area contributed by atoms with Crippen LogP contribution in [0.25, 0.3) is 0 Å². The minimum atomic E-state index is -3.73. The second-order valence-electron chi connectivity index (χ2n) is 5.55. The Kier molecular flexibility index (Phi) is 5.26. The summed E-state index contributed by atoms with van der Waals surface area (Å²) in [7, 11) is -3.73. The SMILES string of the molecule is CCC(C)Nc1ccc(NS(=O)(=O)c2ccc(F)c(C)c2)cc1. The number of rotatable bonds is 6. The van der Waals surface area contributed by atoms with Crippen molar-refractivity contribution < 1.29 is 12.8 Å². The van der Waals surface area contributed by atoms with Crippen molar-refractivity contribution >= 4 is 21.4 Å². The molecule has 23 heavy (non-hydrogen) atoms. The van der Waals surface area contributed by atoms with Crippen LogP contribution in [0.15, 0.2) is 47.4 Å². The van der Waals surface area contributed by atoms with E-state index in [0.29, 0.717) is 17.3 Å². The Morgan fingerprint density at radius 1 is 1.09 bits per heavy atom. The Morgan fingerprint density at radius 2 is 1.70 bits per heavy atom. The van der Waals surface area contributed by atoms with Gasteiger partial charge in [-0.25, -0.2) is 12.8 Å². The van der Waals surface area contributed by atoms with E-state index in [1.165, 1.54) is 19.1 Å². The predicted molar refractivity (Wildman–Crippen MR) is 91.8 cm³/mol. The Hall–Kier alpha value is -2.08. The molecule has 0 aliphatic rings. The first-order valence-corrected chi connectivity index (χ1v) is 8.95. The zero-order valence-corrected chi connectivity index (χ0v) is 14.2. The molecule has 0 spiro atoms. The molecule has 0 saturated carbocycles. The smallest absolute Gasteiger partial charge is 0.261 e. The van der Waals surface area contributed by atoms with Crippen LogP contribution in [0.5, 0.6) is 0 Å². The molecule has 0 heterocycles. The standard InChI is InChI=1S/C17H21FN2O2S/c1-4-13(3)19-14-5-7-15(8-6-14)20-23(21,22)16-9-10-17(18)12(2)11-16/h5-11,13,19-20H,4H2,1-3H3. The molecule has 4 nitrogen and oxygen atoms in total. The van der Waals surface area contributed by atoms with Crippen LogP contribution in [0.1, 0.15) is 25.8 Å². The fourth-order valence-corrected chi connectivity index (χ4v) is 3.16. The van der Waals surface area contributed by atoms with Gasteiger partial charge in [-0.15, -0.1) is 0 Å². The van der Waals surface area contributed by atoms with Gasteiger partial charge >= 0.3 is 0 Å². The third-order valence-electron chi connectivity index (χ3n) is 3.60. The van der Waals surface area contributed by atoms with Crippen molar-refractivity contribution in [1.29, 1.82) is 0 Å². The lowest BCUT2D eigenvalue weighted by atomic mass is 10.2. The molecular weight excluding hydrogens is 315 g/mol. The molecular formula is C17H21FN2O2S. The van der Waals surface area contributed by atoms with Gasteiger partial charge in [-0.05, 0) is 68.3 Å². The lowest BCUT2D eigenvalue weighted by Crippen LogP contribution is -2.14. The molecule has 124 valence electrons. The Balaban J connectivity index is 2.15. The molecule has 0 fully saturated rings. The number of hydrogen-bond acceptors (Lipinski definition) is 3. The van der Waals surface area contributed by atoms with Crippen LogP contribution in [-0.4, -0.2) is 14.5 Å². The summed E-state index contributed by atoms with van der Waals surface area (Å²) in [5, 5.41) is 3.31. The Morgan fingerprint density at radius 3 is 2.26 bits per heavy atom. The van der Waals surface area contributed by atoms with Crippen molar-refractivity contribution in [3.05, 3.63) is 53.8 Å². The third kappa shape index (κ3) is 4.45. The largest absolute Gasteiger partial charge is 0.383 e. The molecule has 6 heteroatoms. The van der Waals surface area contributed by atoms with Gasteiger partial charge in [-0.2, -0.15) is 0 Å². The fourth-order valence-electron chi connectivity index (χ4n) is 2.02. The van der Waals surface area contributed by atoms with Crippen molar-refractivity contribution in [3.8, 4) is 0 Å². The minimum absolute atomic E-state index is 0.0400. The van der Waals surface area contributed by atoms with E-state index in [-0.39, 0.29) is 4.90 Å². The van der Waals surface area contributed by atoms with Gasteiger partial charge < -0.3 is 5.32 Å². The summed E-state index contributed by atoms with van der Waals surface area (Å²) in [4.78, 5) is 0.0400. The first-order valence-electron chi connectivity index (χ1n) is 7.47. The first-order chi connectivity index (χ1) is 10.8. The Bertz CT molecular complexity index is 774. The van der Waals surface area contributed by atoms with E-state index in [2.05, 4.69) is 23.9 Å². The summed E-state index contributed by atoms with van der Waals surface area (Å²) in [6, 6.07) is 11.1. The van der Waals surface area contributed by atoms with Gasteiger partial charge in [0.05, 0.1) is 4.90 Å². The number of nitrogens with one attached hydrogen (secondary N) is 2. The van der Waals surface area contributed by atoms with Gasteiger partial charge in [0.2, 0.25) is 0 Å². The molecule has 0 bridgehead atoms. The molecule has 2 aromatic rings. The van der Waals surface area contributed by atoms with E-state index in [1.807, 2.05) is 12.1 Å². The van der Waals surface area contributed by atoms with Crippen LogP contribution >= 0.6 is 0 Å². The van der Waals surface area contributed by atoms with Crippen LogP contribution < -0.4 is 10.0 Å². The number of halogens is 1. The highest BCUT2D eigenvalue weighted by Gasteiger charge is 2.15. The highest BCUT2D eigenvalue weighted by Crippen LogP contribution is 2.20. The molecule has 0 amide bonds. The topological polar surface area (TPSA) is 58.2 Å². The fraction of sp³-hybridized carbons (Fsp3) is 0.294. The van der Waals surface area contributed by atoms with E-state index in [9.17, 15) is 12.8 Å². The average molecular weight is 336 g/mol. The van der Waals surface area contributed by atoms with Gasteiger partial charge in [-0.1, -0.05) is 6.92 Å². The summed E-state index contributed by atoms with van der Waals surface area (Å²) in [5.41, 5.74) is 1.68. The van der Waals surface area contributed by atoms with Gasteiger partial charge in [0.15, 0.2) is 0 Å². The van der Waals surface area contributed by atoms with E-state index in [1.54, 1.807) is 12.1 Å².